The lowest BCUT2D eigenvalue weighted by Gasteiger charge is -2.26. The van der Waals surface area contributed by atoms with E-state index in [-0.39, 0.29) is 13.1 Å². The molecule has 0 radical (unpaired) electrons. The number of alkyl halides is 3. The third-order valence-electron chi connectivity index (χ3n) is 3.34. The molecule has 1 saturated heterocycles. The number of nitrogens with zero attached hydrogens (tertiary/aromatic N) is 2. The van der Waals surface area contributed by atoms with Gasteiger partial charge in [-0.1, -0.05) is 0 Å². The van der Waals surface area contributed by atoms with Gasteiger partial charge in [-0.15, -0.1) is 0 Å². The van der Waals surface area contributed by atoms with E-state index in [4.69, 9.17) is 5.73 Å². The Labute approximate surface area is 101 Å². The van der Waals surface area contributed by atoms with Crippen LogP contribution in [0.3, 0.4) is 0 Å². The SMILES string of the molecule is CN1CCC(CN(C)CC(CN)C(F)(F)F)C1. The molecule has 0 aromatic heterocycles. The summed E-state index contributed by atoms with van der Waals surface area (Å²) in [5.41, 5.74) is 5.18. The van der Waals surface area contributed by atoms with Crippen LogP contribution < -0.4 is 5.73 Å². The maximum atomic E-state index is 12.5. The summed E-state index contributed by atoms with van der Waals surface area (Å²) in [4.78, 5) is 3.97. The van der Waals surface area contributed by atoms with E-state index in [0.717, 1.165) is 26.1 Å². The fourth-order valence-corrected chi connectivity index (χ4v) is 2.38. The van der Waals surface area contributed by atoms with Crippen LogP contribution in [0.2, 0.25) is 0 Å². The summed E-state index contributed by atoms with van der Waals surface area (Å²) >= 11 is 0. The minimum Gasteiger partial charge on any atom is -0.330 e. The molecule has 1 rings (SSSR count). The fourth-order valence-electron chi connectivity index (χ4n) is 2.38. The van der Waals surface area contributed by atoms with E-state index < -0.39 is 12.1 Å². The van der Waals surface area contributed by atoms with E-state index >= 15 is 0 Å². The Hall–Kier alpha value is -0.330. The molecule has 0 aromatic rings. The molecule has 102 valence electrons. The van der Waals surface area contributed by atoms with E-state index in [1.165, 1.54) is 0 Å². The van der Waals surface area contributed by atoms with Crippen LogP contribution in [-0.2, 0) is 0 Å². The summed E-state index contributed by atoms with van der Waals surface area (Å²) in [5, 5.41) is 0. The second-order valence-corrected chi connectivity index (χ2v) is 5.11. The van der Waals surface area contributed by atoms with Crippen molar-refractivity contribution >= 4 is 0 Å². The number of hydrogen-bond acceptors (Lipinski definition) is 3. The van der Waals surface area contributed by atoms with Gasteiger partial charge in [0, 0.05) is 26.2 Å². The lowest BCUT2D eigenvalue weighted by atomic mass is 10.1. The van der Waals surface area contributed by atoms with Crippen molar-refractivity contribution in [3.8, 4) is 0 Å². The molecular weight excluding hydrogens is 231 g/mol. The Kier molecular flexibility index (Phi) is 5.22. The van der Waals surface area contributed by atoms with Crippen molar-refractivity contribution in [2.45, 2.75) is 12.6 Å². The Bertz CT molecular complexity index is 232. The lowest BCUT2D eigenvalue weighted by Crippen LogP contribution is -2.41. The normalized spacial score (nSPS) is 24.5. The van der Waals surface area contributed by atoms with Crippen LogP contribution in [0.1, 0.15) is 6.42 Å². The van der Waals surface area contributed by atoms with Crippen LogP contribution in [-0.4, -0.2) is 62.8 Å². The minimum absolute atomic E-state index is 0.000213. The van der Waals surface area contributed by atoms with Gasteiger partial charge in [-0.2, -0.15) is 13.2 Å². The van der Waals surface area contributed by atoms with E-state index in [0.29, 0.717) is 5.92 Å². The van der Waals surface area contributed by atoms with Crippen molar-refractivity contribution in [2.75, 3.05) is 46.8 Å². The molecule has 17 heavy (non-hydrogen) atoms. The van der Waals surface area contributed by atoms with Crippen LogP contribution in [0.5, 0.6) is 0 Å². The Morgan fingerprint density at radius 2 is 2.12 bits per heavy atom. The highest BCUT2D eigenvalue weighted by molar-refractivity contribution is 4.78. The molecule has 0 bridgehead atoms. The molecule has 0 spiro atoms. The molecule has 1 fully saturated rings. The quantitative estimate of drug-likeness (QED) is 0.793. The van der Waals surface area contributed by atoms with Gasteiger partial charge in [0.15, 0.2) is 0 Å². The van der Waals surface area contributed by atoms with E-state index in [2.05, 4.69) is 4.90 Å². The highest BCUT2D eigenvalue weighted by Gasteiger charge is 2.39. The van der Waals surface area contributed by atoms with Crippen molar-refractivity contribution in [1.29, 1.82) is 0 Å². The average molecular weight is 253 g/mol. The zero-order chi connectivity index (χ0) is 13.1. The topological polar surface area (TPSA) is 32.5 Å². The summed E-state index contributed by atoms with van der Waals surface area (Å²) in [6.07, 6.45) is -3.12. The standard InChI is InChI=1S/C11H22F3N3/c1-16-4-3-9(6-16)7-17(2)8-10(5-15)11(12,13)14/h9-10H,3-8,15H2,1-2H3. The maximum Gasteiger partial charge on any atom is 0.394 e. The Morgan fingerprint density at radius 1 is 1.47 bits per heavy atom. The van der Waals surface area contributed by atoms with Crippen LogP contribution in [0.15, 0.2) is 0 Å². The first-order valence-electron chi connectivity index (χ1n) is 5.96. The van der Waals surface area contributed by atoms with Gasteiger partial charge in [0.05, 0.1) is 5.92 Å². The molecule has 3 nitrogen and oxygen atoms in total. The molecule has 2 unspecified atom stereocenters. The number of hydrogen-bond donors (Lipinski definition) is 1. The average Bonchev–Trinajstić information content (AvgIpc) is 2.58. The molecule has 1 aliphatic rings. The predicted octanol–water partition coefficient (Wildman–Crippen LogP) is 1.01. The molecular formula is C11H22F3N3. The van der Waals surface area contributed by atoms with Crippen LogP contribution in [0, 0.1) is 11.8 Å². The Balaban J connectivity index is 2.35. The minimum atomic E-state index is -4.19. The summed E-state index contributed by atoms with van der Waals surface area (Å²) in [5.74, 6) is -0.928. The summed E-state index contributed by atoms with van der Waals surface area (Å²) in [7, 11) is 3.78. The second-order valence-electron chi connectivity index (χ2n) is 5.11. The van der Waals surface area contributed by atoms with Gasteiger partial charge in [0.25, 0.3) is 0 Å². The molecule has 0 amide bonds. The van der Waals surface area contributed by atoms with Gasteiger partial charge < -0.3 is 15.5 Å². The third-order valence-corrected chi connectivity index (χ3v) is 3.34. The van der Waals surface area contributed by atoms with Gasteiger partial charge >= 0.3 is 6.18 Å². The van der Waals surface area contributed by atoms with Crippen molar-refractivity contribution in [3.05, 3.63) is 0 Å². The van der Waals surface area contributed by atoms with Crippen molar-refractivity contribution < 1.29 is 13.2 Å². The highest BCUT2D eigenvalue weighted by atomic mass is 19.4. The molecule has 1 aliphatic heterocycles. The highest BCUT2D eigenvalue weighted by Crippen LogP contribution is 2.26. The first-order valence-corrected chi connectivity index (χ1v) is 5.96. The first kappa shape index (κ1) is 14.7. The van der Waals surface area contributed by atoms with Gasteiger partial charge in [-0.3, -0.25) is 0 Å². The molecule has 2 N–H and O–H groups in total. The van der Waals surface area contributed by atoms with Gasteiger partial charge in [-0.25, -0.2) is 0 Å². The van der Waals surface area contributed by atoms with Crippen LogP contribution in [0.4, 0.5) is 13.2 Å². The maximum absolute atomic E-state index is 12.5. The molecule has 0 aromatic carbocycles. The number of likely N-dealkylation sites (tertiary alicyclic amines) is 1. The fraction of sp³-hybridized carbons (Fsp3) is 1.00. The van der Waals surface area contributed by atoms with Crippen LogP contribution >= 0.6 is 0 Å². The summed E-state index contributed by atoms with van der Waals surface area (Å²) in [6, 6.07) is 0. The van der Waals surface area contributed by atoms with Gasteiger partial charge in [0.1, 0.15) is 0 Å². The van der Waals surface area contributed by atoms with Crippen molar-refractivity contribution in [1.82, 2.24) is 9.80 Å². The molecule has 0 aliphatic carbocycles. The summed E-state index contributed by atoms with van der Waals surface area (Å²) < 4.78 is 37.6. The largest absolute Gasteiger partial charge is 0.394 e. The van der Waals surface area contributed by atoms with Crippen molar-refractivity contribution in [2.24, 2.45) is 17.6 Å². The van der Waals surface area contributed by atoms with Crippen LogP contribution in [0.25, 0.3) is 0 Å². The number of nitrogens with two attached hydrogens (primary N) is 1. The monoisotopic (exact) mass is 253 g/mol. The van der Waals surface area contributed by atoms with Crippen molar-refractivity contribution in [3.63, 3.8) is 0 Å². The first-order chi connectivity index (χ1) is 7.82. The molecule has 2 atom stereocenters. The molecule has 6 heteroatoms. The third kappa shape index (κ3) is 4.81. The predicted molar refractivity (Wildman–Crippen MR) is 61.7 cm³/mol. The second kappa shape index (κ2) is 6.02. The lowest BCUT2D eigenvalue weighted by molar-refractivity contribution is -0.175. The zero-order valence-electron chi connectivity index (χ0n) is 10.5. The smallest absolute Gasteiger partial charge is 0.330 e. The van der Waals surface area contributed by atoms with Gasteiger partial charge in [-0.05, 0) is 33.0 Å². The van der Waals surface area contributed by atoms with E-state index in [1.54, 1.807) is 11.9 Å². The van der Waals surface area contributed by atoms with E-state index in [9.17, 15) is 13.2 Å². The zero-order valence-corrected chi connectivity index (χ0v) is 10.5. The molecule has 1 heterocycles. The number of halogens is 3. The van der Waals surface area contributed by atoms with E-state index in [1.807, 2.05) is 7.05 Å². The summed E-state index contributed by atoms with van der Waals surface area (Å²) in [6.45, 7) is 2.40. The Morgan fingerprint density at radius 3 is 2.53 bits per heavy atom. The van der Waals surface area contributed by atoms with Gasteiger partial charge in [0.2, 0.25) is 0 Å². The molecule has 0 saturated carbocycles. The number of rotatable bonds is 5.